The van der Waals surface area contributed by atoms with E-state index in [4.69, 9.17) is 9.47 Å². The van der Waals surface area contributed by atoms with Gasteiger partial charge >= 0.3 is 5.97 Å². The molecule has 0 aliphatic heterocycles. The fraction of sp³-hybridized carbons (Fsp3) is 0.294. The fourth-order valence-electron chi connectivity index (χ4n) is 2.56. The molecular weight excluding hydrogens is 386 g/mol. The van der Waals surface area contributed by atoms with Crippen LogP contribution in [-0.2, 0) is 14.8 Å². The number of rotatable bonds is 6. The lowest BCUT2D eigenvalue weighted by molar-refractivity contribution is 0.0602. The summed E-state index contributed by atoms with van der Waals surface area (Å²) in [5, 5.41) is 3.52. The van der Waals surface area contributed by atoms with Crippen molar-refractivity contribution in [2.24, 2.45) is 0 Å². The molecule has 0 atom stereocenters. The number of benzene rings is 1. The number of fused-ring (bicyclic) bond motifs is 1. The molecule has 0 spiro atoms. The Kier molecular flexibility index (Phi) is 5.18. The summed E-state index contributed by atoms with van der Waals surface area (Å²) in [6, 6.07) is 6.39. The second-order valence-corrected chi connectivity index (χ2v) is 7.45. The maximum atomic E-state index is 12.9. The molecule has 0 bridgehead atoms. The lowest BCUT2D eigenvalue weighted by Crippen LogP contribution is -2.18. The first-order valence-electron chi connectivity index (χ1n) is 8.34. The molecule has 3 aromatic rings. The molecule has 2 aromatic heterocycles. The van der Waals surface area contributed by atoms with E-state index in [0.29, 0.717) is 23.7 Å². The summed E-state index contributed by atoms with van der Waals surface area (Å²) in [6.07, 6.45) is 0. The maximum Gasteiger partial charge on any atom is 0.340 e. The van der Waals surface area contributed by atoms with Gasteiger partial charge in [0.25, 0.3) is 21.0 Å². The van der Waals surface area contributed by atoms with Gasteiger partial charge in [-0.3, -0.25) is 4.72 Å². The van der Waals surface area contributed by atoms with Gasteiger partial charge in [-0.25, -0.2) is 9.78 Å². The minimum absolute atomic E-state index is 0.0822. The second-order valence-electron chi connectivity index (χ2n) is 5.87. The fourth-order valence-corrected chi connectivity index (χ4v) is 3.59. The van der Waals surface area contributed by atoms with E-state index in [2.05, 4.69) is 19.8 Å². The van der Waals surface area contributed by atoms with Crippen LogP contribution in [0, 0.1) is 13.8 Å². The number of anilines is 1. The molecule has 0 fully saturated rings. The quantitative estimate of drug-likeness (QED) is 0.615. The first-order chi connectivity index (χ1) is 13.3. The number of aryl methyl sites for hydroxylation is 2. The van der Waals surface area contributed by atoms with E-state index in [1.807, 2.05) is 0 Å². The highest BCUT2D eigenvalue weighted by atomic mass is 32.2. The smallest absolute Gasteiger partial charge is 0.340 e. The Balaban J connectivity index is 2.08. The molecule has 1 aromatic carbocycles. The van der Waals surface area contributed by atoms with E-state index in [0.717, 1.165) is 0 Å². The van der Waals surface area contributed by atoms with Crippen molar-refractivity contribution >= 4 is 27.5 Å². The Labute approximate surface area is 161 Å². The van der Waals surface area contributed by atoms with Crippen molar-refractivity contribution in [1.82, 2.24) is 19.6 Å². The molecule has 0 unspecified atom stereocenters. The Hall–Kier alpha value is -3.21. The summed E-state index contributed by atoms with van der Waals surface area (Å²) < 4.78 is 39.5. The van der Waals surface area contributed by atoms with Gasteiger partial charge in [0.1, 0.15) is 0 Å². The van der Waals surface area contributed by atoms with Gasteiger partial charge in [0, 0.05) is 11.8 Å². The van der Waals surface area contributed by atoms with E-state index < -0.39 is 21.1 Å². The molecule has 10 nitrogen and oxygen atoms in total. The third kappa shape index (κ3) is 3.60. The standard InChI is InChI=1S/C17H19N5O5S/c1-5-27-13-9-11(3)18-16-19-17(20-22(13)16)28(24,25)21-14-10(2)7-6-8-12(14)15(23)26-4/h6-9,21H,5H2,1-4H3. The lowest BCUT2D eigenvalue weighted by atomic mass is 10.1. The number of methoxy groups -OCH3 is 1. The lowest BCUT2D eigenvalue weighted by Gasteiger charge is -2.12. The van der Waals surface area contributed by atoms with Crippen molar-refractivity contribution in [3.8, 4) is 5.88 Å². The third-order valence-corrected chi connectivity index (χ3v) is 4.96. The van der Waals surface area contributed by atoms with Gasteiger partial charge in [0.2, 0.25) is 5.88 Å². The van der Waals surface area contributed by atoms with Crippen molar-refractivity contribution in [3.05, 3.63) is 41.1 Å². The molecule has 0 amide bonds. The molecule has 11 heteroatoms. The Bertz CT molecular complexity index is 1160. The van der Waals surface area contributed by atoms with Crippen molar-refractivity contribution in [2.45, 2.75) is 25.9 Å². The number of hydrogen-bond acceptors (Lipinski definition) is 8. The zero-order chi connectivity index (χ0) is 20.5. The van der Waals surface area contributed by atoms with Crippen molar-refractivity contribution in [1.29, 1.82) is 0 Å². The minimum Gasteiger partial charge on any atom is -0.478 e. The summed E-state index contributed by atoms with van der Waals surface area (Å²) in [6.45, 7) is 5.56. The van der Waals surface area contributed by atoms with Crippen LogP contribution in [0.25, 0.3) is 5.78 Å². The number of aromatic nitrogens is 4. The number of carbonyl (C=O) groups excluding carboxylic acids is 1. The minimum atomic E-state index is -4.20. The number of carbonyl (C=O) groups is 1. The van der Waals surface area contributed by atoms with Gasteiger partial charge in [-0.05, 0) is 32.4 Å². The highest BCUT2D eigenvalue weighted by Gasteiger charge is 2.26. The van der Waals surface area contributed by atoms with E-state index in [1.54, 1.807) is 39.0 Å². The first-order valence-corrected chi connectivity index (χ1v) is 9.83. The van der Waals surface area contributed by atoms with E-state index in [9.17, 15) is 13.2 Å². The Morgan fingerprint density at radius 1 is 1.25 bits per heavy atom. The van der Waals surface area contributed by atoms with Crippen LogP contribution in [-0.4, -0.2) is 47.7 Å². The molecule has 1 N–H and O–H groups in total. The number of ether oxygens (including phenoxy) is 2. The number of para-hydroxylation sites is 1. The molecule has 28 heavy (non-hydrogen) atoms. The van der Waals surface area contributed by atoms with Crippen LogP contribution in [0.15, 0.2) is 29.4 Å². The molecule has 2 heterocycles. The van der Waals surface area contributed by atoms with Crippen LogP contribution in [0.1, 0.15) is 28.5 Å². The highest BCUT2D eigenvalue weighted by molar-refractivity contribution is 7.92. The molecule has 0 aliphatic carbocycles. The maximum absolute atomic E-state index is 12.9. The van der Waals surface area contributed by atoms with Gasteiger partial charge in [-0.2, -0.15) is 17.9 Å². The van der Waals surface area contributed by atoms with Crippen LogP contribution < -0.4 is 9.46 Å². The van der Waals surface area contributed by atoms with Gasteiger partial charge < -0.3 is 9.47 Å². The van der Waals surface area contributed by atoms with Crippen LogP contribution in [0.4, 0.5) is 5.69 Å². The van der Waals surface area contributed by atoms with Crippen LogP contribution in [0.3, 0.4) is 0 Å². The van der Waals surface area contributed by atoms with Crippen molar-refractivity contribution in [2.75, 3.05) is 18.4 Å². The summed E-state index contributed by atoms with van der Waals surface area (Å²) in [5.41, 5.74) is 1.33. The van der Waals surface area contributed by atoms with Gasteiger partial charge in [-0.1, -0.05) is 12.1 Å². The molecule has 0 aliphatic rings. The second kappa shape index (κ2) is 7.43. The largest absolute Gasteiger partial charge is 0.478 e. The highest BCUT2D eigenvalue weighted by Crippen LogP contribution is 2.24. The zero-order valence-electron chi connectivity index (χ0n) is 15.8. The van der Waals surface area contributed by atoms with Crippen molar-refractivity contribution < 1.29 is 22.7 Å². The van der Waals surface area contributed by atoms with Crippen LogP contribution >= 0.6 is 0 Å². The molecule has 0 radical (unpaired) electrons. The van der Waals surface area contributed by atoms with Crippen LogP contribution in [0.2, 0.25) is 0 Å². The number of sulfonamides is 1. The molecule has 3 rings (SSSR count). The van der Waals surface area contributed by atoms with Gasteiger partial charge in [0.15, 0.2) is 0 Å². The first kappa shape index (κ1) is 19.5. The summed E-state index contributed by atoms with van der Waals surface area (Å²) in [4.78, 5) is 20.2. The Morgan fingerprint density at radius 2 is 2.00 bits per heavy atom. The predicted molar refractivity (Wildman–Crippen MR) is 100 cm³/mol. The van der Waals surface area contributed by atoms with Gasteiger partial charge in [0.05, 0.1) is 25.0 Å². The molecule has 0 saturated carbocycles. The molecule has 148 valence electrons. The zero-order valence-corrected chi connectivity index (χ0v) is 16.6. The Morgan fingerprint density at radius 3 is 2.68 bits per heavy atom. The molecule has 0 saturated heterocycles. The summed E-state index contributed by atoms with van der Waals surface area (Å²) in [7, 11) is -2.98. The van der Waals surface area contributed by atoms with Crippen molar-refractivity contribution in [3.63, 3.8) is 0 Å². The number of nitrogens with zero attached hydrogens (tertiary/aromatic N) is 4. The predicted octanol–water partition coefficient (Wildman–Crippen LogP) is 1.73. The topological polar surface area (TPSA) is 125 Å². The van der Waals surface area contributed by atoms with E-state index >= 15 is 0 Å². The number of hydrogen-bond donors (Lipinski definition) is 1. The monoisotopic (exact) mass is 405 g/mol. The number of nitrogens with one attached hydrogen (secondary N) is 1. The normalized spacial score (nSPS) is 11.4. The summed E-state index contributed by atoms with van der Waals surface area (Å²) >= 11 is 0. The van der Waals surface area contributed by atoms with E-state index in [1.165, 1.54) is 17.7 Å². The summed E-state index contributed by atoms with van der Waals surface area (Å²) in [5.74, 6) is -0.257. The average molecular weight is 405 g/mol. The molecular formula is C17H19N5O5S. The third-order valence-electron chi connectivity index (χ3n) is 3.84. The SMILES string of the molecule is CCOc1cc(C)nc2nc(S(=O)(=O)Nc3c(C)cccc3C(=O)OC)nn12. The average Bonchev–Trinajstić information content (AvgIpc) is 3.08. The van der Waals surface area contributed by atoms with E-state index in [-0.39, 0.29) is 17.0 Å². The van der Waals surface area contributed by atoms with Gasteiger partial charge in [-0.15, -0.1) is 5.10 Å². The van der Waals surface area contributed by atoms with Crippen LogP contribution in [0.5, 0.6) is 5.88 Å². The number of esters is 1.